The maximum Gasteiger partial charge on any atom is 0.248 e. The van der Waals surface area contributed by atoms with E-state index < -0.39 is 5.91 Å². The molecule has 0 fully saturated rings. The zero-order valence-electron chi connectivity index (χ0n) is 9.09. The second-order valence-electron chi connectivity index (χ2n) is 3.53. The van der Waals surface area contributed by atoms with Crippen molar-refractivity contribution in [3.05, 3.63) is 54.1 Å². The van der Waals surface area contributed by atoms with E-state index in [2.05, 4.69) is 0 Å². The van der Waals surface area contributed by atoms with Crippen LogP contribution in [0.25, 0.3) is 0 Å². The summed E-state index contributed by atoms with van der Waals surface area (Å²) < 4.78 is 5.57. The number of hydrogen-bond donors (Lipinski definition) is 2. The van der Waals surface area contributed by atoms with E-state index in [-0.39, 0.29) is 0 Å². The van der Waals surface area contributed by atoms with Gasteiger partial charge in [0.2, 0.25) is 5.91 Å². The van der Waals surface area contributed by atoms with Crippen LogP contribution in [-0.2, 0) is 0 Å². The summed E-state index contributed by atoms with van der Waals surface area (Å²) in [7, 11) is 0. The first-order valence-electron chi connectivity index (χ1n) is 5.09. The van der Waals surface area contributed by atoms with Crippen molar-refractivity contribution < 1.29 is 9.53 Å². The molecular weight excluding hydrogens is 216 g/mol. The molecular formula is C13H12N2O2. The summed E-state index contributed by atoms with van der Waals surface area (Å²) in [5.74, 6) is 0.725. The summed E-state index contributed by atoms with van der Waals surface area (Å²) in [6, 6.07) is 13.8. The molecule has 0 aliphatic rings. The number of carbonyl (C=O) groups excluding carboxylic acids is 1. The van der Waals surface area contributed by atoms with Gasteiger partial charge in [-0.2, -0.15) is 0 Å². The van der Waals surface area contributed by atoms with Crippen LogP contribution in [0.3, 0.4) is 0 Å². The molecule has 4 nitrogen and oxygen atoms in total. The Kier molecular flexibility index (Phi) is 2.96. The zero-order valence-corrected chi connectivity index (χ0v) is 9.09. The molecule has 0 atom stereocenters. The highest BCUT2D eigenvalue weighted by molar-refractivity contribution is 5.92. The molecule has 4 N–H and O–H groups in total. The van der Waals surface area contributed by atoms with Crippen molar-refractivity contribution in [3.63, 3.8) is 0 Å². The molecule has 86 valence electrons. The third-order valence-electron chi connectivity index (χ3n) is 2.29. The van der Waals surface area contributed by atoms with Crippen molar-refractivity contribution in [1.29, 1.82) is 0 Å². The number of ether oxygens (including phenoxy) is 1. The van der Waals surface area contributed by atoms with Crippen LogP contribution in [0.15, 0.2) is 48.5 Å². The maximum atomic E-state index is 10.9. The number of hydrogen-bond acceptors (Lipinski definition) is 3. The van der Waals surface area contributed by atoms with Crippen molar-refractivity contribution in [2.24, 2.45) is 5.73 Å². The van der Waals surface area contributed by atoms with E-state index >= 15 is 0 Å². The van der Waals surface area contributed by atoms with E-state index in [1.807, 2.05) is 12.1 Å². The Morgan fingerprint density at radius 2 is 1.65 bits per heavy atom. The van der Waals surface area contributed by atoms with Crippen LogP contribution in [0.2, 0.25) is 0 Å². The van der Waals surface area contributed by atoms with Gasteiger partial charge in [0.15, 0.2) is 0 Å². The number of benzene rings is 2. The molecule has 2 aromatic rings. The molecule has 17 heavy (non-hydrogen) atoms. The van der Waals surface area contributed by atoms with Gasteiger partial charge in [-0.25, -0.2) is 0 Å². The number of para-hydroxylation sites is 2. The molecule has 0 saturated heterocycles. The second kappa shape index (κ2) is 4.57. The predicted molar refractivity (Wildman–Crippen MR) is 65.9 cm³/mol. The fraction of sp³-hybridized carbons (Fsp3) is 0. The number of nitrogens with two attached hydrogens (primary N) is 2. The van der Waals surface area contributed by atoms with E-state index in [0.717, 1.165) is 0 Å². The predicted octanol–water partition coefficient (Wildman–Crippen LogP) is 2.16. The molecule has 0 spiro atoms. The highest BCUT2D eigenvalue weighted by atomic mass is 16.5. The zero-order chi connectivity index (χ0) is 12.3. The number of carbonyl (C=O) groups is 1. The van der Waals surface area contributed by atoms with Crippen molar-refractivity contribution in [2.45, 2.75) is 0 Å². The number of rotatable bonds is 3. The van der Waals surface area contributed by atoms with Crippen LogP contribution < -0.4 is 16.2 Å². The van der Waals surface area contributed by atoms with Crippen molar-refractivity contribution in [3.8, 4) is 11.5 Å². The lowest BCUT2D eigenvalue weighted by atomic mass is 10.2. The summed E-state index contributed by atoms with van der Waals surface area (Å²) in [6.45, 7) is 0. The third-order valence-corrected chi connectivity index (χ3v) is 2.29. The summed E-state index contributed by atoms with van der Waals surface area (Å²) >= 11 is 0. The fourth-order valence-corrected chi connectivity index (χ4v) is 1.39. The molecule has 2 aromatic carbocycles. The minimum atomic E-state index is -0.462. The average molecular weight is 228 g/mol. The molecule has 0 bridgehead atoms. The SMILES string of the molecule is NC(=O)c1ccc(Oc2ccccc2N)cc1. The molecule has 1 amide bonds. The molecule has 4 heteroatoms. The number of anilines is 1. The van der Waals surface area contributed by atoms with Crippen LogP contribution in [0.5, 0.6) is 11.5 Å². The van der Waals surface area contributed by atoms with E-state index in [1.54, 1.807) is 36.4 Å². The van der Waals surface area contributed by atoms with Crippen LogP contribution in [0.1, 0.15) is 10.4 Å². The molecule has 0 saturated carbocycles. The smallest absolute Gasteiger partial charge is 0.248 e. The van der Waals surface area contributed by atoms with Gasteiger partial charge < -0.3 is 16.2 Å². The lowest BCUT2D eigenvalue weighted by Gasteiger charge is -2.08. The maximum absolute atomic E-state index is 10.9. The van der Waals surface area contributed by atoms with Gasteiger partial charge in [-0.1, -0.05) is 12.1 Å². The lowest BCUT2D eigenvalue weighted by Crippen LogP contribution is -2.10. The van der Waals surface area contributed by atoms with E-state index in [4.69, 9.17) is 16.2 Å². The standard InChI is InChI=1S/C13H12N2O2/c14-11-3-1-2-4-12(11)17-10-7-5-9(6-8-10)13(15)16/h1-8H,14H2,(H2,15,16). The number of primary amides is 1. The fourth-order valence-electron chi connectivity index (χ4n) is 1.39. The Morgan fingerprint density at radius 3 is 2.24 bits per heavy atom. The number of amides is 1. The van der Waals surface area contributed by atoms with Gasteiger partial charge in [-0.3, -0.25) is 4.79 Å². The normalized spacial score (nSPS) is 9.88. The lowest BCUT2D eigenvalue weighted by molar-refractivity contribution is 0.100. The van der Waals surface area contributed by atoms with Gasteiger partial charge in [0.25, 0.3) is 0 Å². The highest BCUT2D eigenvalue weighted by Crippen LogP contribution is 2.26. The van der Waals surface area contributed by atoms with Gasteiger partial charge in [0.05, 0.1) is 5.69 Å². The van der Waals surface area contributed by atoms with E-state index in [1.165, 1.54) is 0 Å². The van der Waals surface area contributed by atoms with Gasteiger partial charge in [-0.05, 0) is 36.4 Å². The topological polar surface area (TPSA) is 78.3 Å². The summed E-state index contributed by atoms with van der Waals surface area (Å²) in [6.07, 6.45) is 0. The Balaban J connectivity index is 2.20. The first-order valence-corrected chi connectivity index (χ1v) is 5.09. The summed E-state index contributed by atoms with van der Waals surface area (Å²) in [5, 5.41) is 0. The monoisotopic (exact) mass is 228 g/mol. The molecule has 2 rings (SSSR count). The van der Waals surface area contributed by atoms with Gasteiger partial charge in [0.1, 0.15) is 11.5 Å². The van der Waals surface area contributed by atoms with Crippen molar-refractivity contribution >= 4 is 11.6 Å². The molecule has 0 heterocycles. The molecule has 0 aliphatic heterocycles. The van der Waals surface area contributed by atoms with Crippen LogP contribution in [0.4, 0.5) is 5.69 Å². The Labute approximate surface area is 98.8 Å². The highest BCUT2D eigenvalue weighted by Gasteiger charge is 2.03. The van der Waals surface area contributed by atoms with Gasteiger partial charge in [-0.15, -0.1) is 0 Å². The first-order chi connectivity index (χ1) is 8.16. The largest absolute Gasteiger partial charge is 0.455 e. The molecule has 0 aromatic heterocycles. The van der Waals surface area contributed by atoms with Crippen LogP contribution >= 0.6 is 0 Å². The first kappa shape index (κ1) is 11.0. The Bertz CT molecular complexity index is 535. The number of nitrogen functional groups attached to an aromatic ring is 1. The summed E-state index contributed by atoms with van der Waals surface area (Å²) in [5.41, 5.74) is 11.9. The minimum absolute atomic E-state index is 0.443. The van der Waals surface area contributed by atoms with Crippen LogP contribution in [-0.4, -0.2) is 5.91 Å². The summed E-state index contributed by atoms with van der Waals surface area (Å²) in [4.78, 5) is 10.9. The third kappa shape index (κ3) is 2.55. The van der Waals surface area contributed by atoms with Gasteiger partial charge in [0, 0.05) is 5.56 Å². The second-order valence-corrected chi connectivity index (χ2v) is 3.53. The molecule has 0 unspecified atom stereocenters. The van der Waals surface area contributed by atoms with E-state index in [0.29, 0.717) is 22.7 Å². The van der Waals surface area contributed by atoms with E-state index in [9.17, 15) is 4.79 Å². The van der Waals surface area contributed by atoms with Crippen molar-refractivity contribution in [1.82, 2.24) is 0 Å². The molecule has 0 aliphatic carbocycles. The molecule has 0 radical (unpaired) electrons. The quantitative estimate of drug-likeness (QED) is 0.790. The minimum Gasteiger partial charge on any atom is -0.455 e. The van der Waals surface area contributed by atoms with Gasteiger partial charge >= 0.3 is 0 Å². The Morgan fingerprint density at radius 1 is 1.00 bits per heavy atom. The van der Waals surface area contributed by atoms with Crippen molar-refractivity contribution in [2.75, 3.05) is 5.73 Å². The van der Waals surface area contributed by atoms with Crippen LogP contribution in [0, 0.1) is 0 Å². The average Bonchev–Trinajstić information content (AvgIpc) is 2.33. The Hall–Kier alpha value is -2.49.